The van der Waals surface area contributed by atoms with Crippen molar-refractivity contribution in [2.45, 2.75) is 46.6 Å². The van der Waals surface area contributed by atoms with Crippen LogP contribution >= 0.6 is 11.3 Å². The molecule has 96 valence electrons. The Morgan fingerprint density at radius 1 is 1.47 bits per heavy atom. The van der Waals surface area contributed by atoms with Crippen molar-refractivity contribution in [2.24, 2.45) is 0 Å². The molecular weight excluding hydrogens is 234 g/mol. The third-order valence-electron chi connectivity index (χ3n) is 2.70. The molecule has 1 atom stereocenters. The predicted octanol–water partition coefficient (Wildman–Crippen LogP) is 2.34. The van der Waals surface area contributed by atoms with Gasteiger partial charge in [0, 0.05) is 10.9 Å². The molecule has 1 amide bonds. The average molecular weight is 255 g/mol. The first-order valence-electron chi connectivity index (χ1n) is 6.06. The Morgan fingerprint density at radius 3 is 2.71 bits per heavy atom. The van der Waals surface area contributed by atoms with Crippen LogP contribution in [-0.2, 0) is 11.2 Å². The molecule has 2 N–H and O–H groups in total. The first-order chi connectivity index (χ1) is 8.06. The van der Waals surface area contributed by atoms with Crippen LogP contribution < -0.4 is 10.6 Å². The van der Waals surface area contributed by atoms with E-state index in [1.165, 1.54) is 16.2 Å². The Balaban J connectivity index is 2.45. The topological polar surface area (TPSA) is 54.0 Å². The summed E-state index contributed by atoms with van der Waals surface area (Å²) in [5.41, 5.74) is 1.07. The molecule has 4 nitrogen and oxygen atoms in total. The second-order valence-corrected chi connectivity index (χ2v) is 5.32. The van der Waals surface area contributed by atoms with Crippen LogP contribution in [0.25, 0.3) is 0 Å². The Bertz CT molecular complexity index is 376. The molecule has 0 saturated carbocycles. The van der Waals surface area contributed by atoms with Crippen LogP contribution in [0.2, 0.25) is 0 Å². The Kier molecular flexibility index (Phi) is 5.58. The minimum atomic E-state index is -0.0262. The van der Waals surface area contributed by atoms with Crippen molar-refractivity contribution in [1.29, 1.82) is 0 Å². The molecule has 1 heterocycles. The maximum Gasteiger partial charge on any atom is 0.240 e. The van der Waals surface area contributed by atoms with Gasteiger partial charge in [0.2, 0.25) is 5.91 Å². The second kappa shape index (κ2) is 6.71. The summed E-state index contributed by atoms with van der Waals surface area (Å²) in [4.78, 5) is 17.2. The summed E-state index contributed by atoms with van der Waals surface area (Å²) in [6.45, 7) is 8.60. The van der Waals surface area contributed by atoms with Crippen LogP contribution in [0.1, 0.15) is 37.8 Å². The van der Waals surface area contributed by atoms with Gasteiger partial charge in [-0.15, -0.1) is 11.3 Å². The lowest BCUT2D eigenvalue weighted by Crippen LogP contribution is -2.33. The number of anilines is 1. The zero-order valence-electron chi connectivity index (χ0n) is 11.0. The van der Waals surface area contributed by atoms with Gasteiger partial charge in [-0.3, -0.25) is 4.79 Å². The first kappa shape index (κ1) is 14.1. The van der Waals surface area contributed by atoms with E-state index in [0.29, 0.717) is 17.7 Å². The van der Waals surface area contributed by atoms with Gasteiger partial charge in [0.15, 0.2) is 5.13 Å². The van der Waals surface area contributed by atoms with Gasteiger partial charge in [-0.05, 0) is 26.7 Å². The average Bonchev–Trinajstić information content (AvgIpc) is 2.66. The lowest BCUT2D eigenvalue weighted by atomic mass is 10.2. The van der Waals surface area contributed by atoms with Crippen molar-refractivity contribution in [2.75, 3.05) is 11.9 Å². The molecule has 0 aliphatic heterocycles. The molecule has 17 heavy (non-hydrogen) atoms. The van der Waals surface area contributed by atoms with Gasteiger partial charge in [-0.25, -0.2) is 4.98 Å². The number of hydrogen-bond acceptors (Lipinski definition) is 4. The number of aryl methyl sites for hydroxylation is 2. The summed E-state index contributed by atoms with van der Waals surface area (Å²) in [7, 11) is 0. The number of amides is 1. The molecule has 1 unspecified atom stereocenters. The highest BCUT2D eigenvalue weighted by atomic mass is 32.1. The minimum absolute atomic E-state index is 0.0262. The van der Waals surface area contributed by atoms with Crippen molar-refractivity contribution >= 4 is 22.4 Å². The van der Waals surface area contributed by atoms with Gasteiger partial charge in [-0.2, -0.15) is 0 Å². The Morgan fingerprint density at radius 2 is 2.18 bits per heavy atom. The highest BCUT2D eigenvalue weighted by Crippen LogP contribution is 2.21. The van der Waals surface area contributed by atoms with Gasteiger partial charge in [0.25, 0.3) is 0 Å². The molecule has 0 aromatic carbocycles. The van der Waals surface area contributed by atoms with E-state index in [1.807, 2.05) is 6.92 Å². The molecular formula is C12H21N3OS. The monoisotopic (exact) mass is 255 g/mol. The van der Waals surface area contributed by atoms with E-state index in [0.717, 1.165) is 18.5 Å². The lowest BCUT2D eigenvalue weighted by Gasteiger charge is -2.09. The fourth-order valence-corrected chi connectivity index (χ4v) is 2.30. The van der Waals surface area contributed by atoms with E-state index in [2.05, 4.69) is 36.4 Å². The summed E-state index contributed by atoms with van der Waals surface area (Å²) in [6.07, 6.45) is 1.92. The molecule has 1 rings (SSSR count). The smallest absolute Gasteiger partial charge is 0.240 e. The fourth-order valence-electron chi connectivity index (χ4n) is 1.38. The minimum Gasteiger partial charge on any atom is -0.306 e. The predicted molar refractivity (Wildman–Crippen MR) is 72.6 cm³/mol. The zero-order valence-corrected chi connectivity index (χ0v) is 11.8. The normalized spacial score (nSPS) is 12.5. The van der Waals surface area contributed by atoms with Gasteiger partial charge in [0.1, 0.15) is 0 Å². The summed E-state index contributed by atoms with van der Waals surface area (Å²) in [6, 6.07) is 0.366. The molecule has 0 aliphatic carbocycles. The summed E-state index contributed by atoms with van der Waals surface area (Å²) < 4.78 is 0. The summed E-state index contributed by atoms with van der Waals surface area (Å²) in [5, 5.41) is 6.68. The number of nitrogens with zero attached hydrogens (tertiary/aromatic N) is 1. The van der Waals surface area contributed by atoms with Gasteiger partial charge < -0.3 is 10.6 Å². The van der Waals surface area contributed by atoms with E-state index in [9.17, 15) is 4.79 Å². The third kappa shape index (κ3) is 4.44. The molecule has 0 spiro atoms. The summed E-state index contributed by atoms with van der Waals surface area (Å²) in [5.74, 6) is -0.0262. The van der Waals surface area contributed by atoms with Gasteiger partial charge >= 0.3 is 0 Å². The van der Waals surface area contributed by atoms with Crippen molar-refractivity contribution < 1.29 is 4.79 Å². The molecule has 0 fully saturated rings. The number of hydrogen-bond donors (Lipinski definition) is 2. The molecule has 0 aliphatic rings. The largest absolute Gasteiger partial charge is 0.306 e. The molecule has 5 heteroatoms. The number of carbonyl (C=O) groups is 1. The van der Waals surface area contributed by atoms with Gasteiger partial charge in [-0.1, -0.05) is 13.8 Å². The molecule has 0 radical (unpaired) electrons. The van der Waals surface area contributed by atoms with Crippen molar-refractivity contribution in [3.8, 4) is 0 Å². The molecule has 1 aromatic rings. The van der Waals surface area contributed by atoms with Crippen LogP contribution in [0.4, 0.5) is 5.13 Å². The number of aromatic nitrogens is 1. The van der Waals surface area contributed by atoms with E-state index in [-0.39, 0.29) is 5.91 Å². The van der Waals surface area contributed by atoms with E-state index in [4.69, 9.17) is 0 Å². The summed E-state index contributed by atoms with van der Waals surface area (Å²) >= 11 is 1.54. The van der Waals surface area contributed by atoms with Crippen LogP contribution in [0.15, 0.2) is 0 Å². The Labute approximate surface area is 107 Å². The number of rotatable bonds is 6. The van der Waals surface area contributed by atoms with E-state index >= 15 is 0 Å². The maximum absolute atomic E-state index is 11.6. The standard InChI is InChI=1S/C12H21N3OS/c1-5-8(3)13-7-11(16)15-12-14-10(6-2)9(4)17-12/h8,13H,5-7H2,1-4H3,(H,14,15,16). The number of carbonyl (C=O) groups excluding carboxylic acids is 1. The first-order valence-corrected chi connectivity index (χ1v) is 6.88. The number of thiazole rings is 1. The fraction of sp³-hybridized carbons (Fsp3) is 0.667. The maximum atomic E-state index is 11.6. The number of nitrogens with one attached hydrogen (secondary N) is 2. The van der Waals surface area contributed by atoms with Crippen molar-refractivity contribution in [3.05, 3.63) is 10.6 Å². The van der Waals surface area contributed by atoms with Crippen molar-refractivity contribution in [1.82, 2.24) is 10.3 Å². The van der Waals surface area contributed by atoms with Crippen LogP contribution in [0, 0.1) is 6.92 Å². The second-order valence-electron chi connectivity index (χ2n) is 4.11. The Hall–Kier alpha value is -0.940. The van der Waals surface area contributed by atoms with Crippen molar-refractivity contribution in [3.63, 3.8) is 0 Å². The highest BCUT2D eigenvalue weighted by Gasteiger charge is 2.09. The molecule has 0 saturated heterocycles. The van der Waals surface area contributed by atoms with Gasteiger partial charge in [0.05, 0.1) is 12.2 Å². The molecule has 1 aromatic heterocycles. The zero-order chi connectivity index (χ0) is 12.8. The van der Waals surface area contributed by atoms with E-state index < -0.39 is 0 Å². The highest BCUT2D eigenvalue weighted by molar-refractivity contribution is 7.15. The third-order valence-corrected chi connectivity index (χ3v) is 3.63. The van der Waals surface area contributed by atoms with Crippen LogP contribution in [0.3, 0.4) is 0 Å². The van der Waals surface area contributed by atoms with E-state index in [1.54, 1.807) is 0 Å². The quantitative estimate of drug-likeness (QED) is 0.820. The molecule has 0 bridgehead atoms. The SMILES string of the molecule is CCc1nc(NC(=O)CNC(C)CC)sc1C. The lowest BCUT2D eigenvalue weighted by molar-refractivity contribution is -0.115. The van der Waals surface area contributed by atoms with Crippen LogP contribution in [0.5, 0.6) is 0 Å². The van der Waals surface area contributed by atoms with Crippen LogP contribution in [-0.4, -0.2) is 23.5 Å².